The largest absolute Gasteiger partial charge is 0.338 e. The molecular formula is C23H21N3O2S. The van der Waals surface area contributed by atoms with Crippen molar-refractivity contribution in [1.29, 1.82) is 0 Å². The number of benzene rings is 3. The monoisotopic (exact) mass is 403 g/mol. The van der Waals surface area contributed by atoms with E-state index in [4.69, 9.17) is 0 Å². The average molecular weight is 404 g/mol. The predicted molar refractivity (Wildman–Crippen MR) is 117 cm³/mol. The Labute approximate surface area is 173 Å². The third kappa shape index (κ3) is 4.78. The molecule has 0 unspecified atom stereocenters. The summed E-state index contributed by atoms with van der Waals surface area (Å²) in [4.78, 5) is 26.5. The zero-order valence-corrected chi connectivity index (χ0v) is 16.6. The second kappa shape index (κ2) is 8.84. The van der Waals surface area contributed by atoms with Gasteiger partial charge in [-0.25, -0.2) is 4.79 Å². The number of amides is 3. The fourth-order valence-corrected chi connectivity index (χ4v) is 4.17. The van der Waals surface area contributed by atoms with Crippen molar-refractivity contribution < 1.29 is 9.59 Å². The molecule has 1 aliphatic heterocycles. The van der Waals surface area contributed by atoms with Crippen LogP contribution in [0, 0.1) is 0 Å². The number of carbonyl (C=O) groups excluding carboxylic acids is 2. The molecule has 3 aromatic rings. The first-order valence-electron chi connectivity index (χ1n) is 9.50. The lowest BCUT2D eigenvalue weighted by atomic mass is 10.1. The second-order valence-corrected chi connectivity index (χ2v) is 7.82. The van der Waals surface area contributed by atoms with Gasteiger partial charge in [-0.05, 0) is 48.7 Å². The number of rotatable bonds is 5. The molecule has 1 heterocycles. The van der Waals surface area contributed by atoms with Gasteiger partial charge in [0.2, 0.25) is 0 Å². The molecule has 5 nitrogen and oxygen atoms in total. The highest BCUT2D eigenvalue weighted by Gasteiger charge is 2.19. The van der Waals surface area contributed by atoms with Gasteiger partial charge in [0, 0.05) is 22.0 Å². The third-order valence-electron chi connectivity index (χ3n) is 4.61. The fourth-order valence-electron chi connectivity index (χ4n) is 3.16. The molecule has 4 rings (SSSR count). The van der Waals surface area contributed by atoms with Crippen LogP contribution in [0.25, 0.3) is 0 Å². The Morgan fingerprint density at radius 1 is 0.931 bits per heavy atom. The van der Waals surface area contributed by atoms with E-state index in [1.165, 1.54) is 17.3 Å². The lowest BCUT2D eigenvalue weighted by Gasteiger charge is -2.11. The molecule has 0 fully saturated rings. The molecule has 0 saturated carbocycles. The average Bonchev–Trinajstić information content (AvgIpc) is 2.88. The maximum atomic E-state index is 12.5. The molecule has 0 atom stereocenters. The smallest absolute Gasteiger partial charge is 0.319 e. The summed E-state index contributed by atoms with van der Waals surface area (Å²) >= 11 is 1.54. The first kappa shape index (κ1) is 19.1. The number of aryl methyl sites for hydroxylation is 1. The normalized spacial score (nSPS) is 12.2. The number of anilines is 2. The minimum absolute atomic E-state index is 0.144. The number of fused-ring (bicyclic) bond motifs is 2. The second-order valence-electron chi connectivity index (χ2n) is 6.73. The molecule has 146 valence electrons. The summed E-state index contributed by atoms with van der Waals surface area (Å²) in [6.07, 6.45) is 1.79. The van der Waals surface area contributed by atoms with Gasteiger partial charge in [-0.3, -0.25) is 4.79 Å². The van der Waals surface area contributed by atoms with Crippen molar-refractivity contribution in [3.63, 3.8) is 0 Å². The van der Waals surface area contributed by atoms with E-state index in [0.717, 1.165) is 22.6 Å². The summed E-state index contributed by atoms with van der Waals surface area (Å²) in [6.45, 7) is 0.591. The van der Waals surface area contributed by atoms with Crippen LogP contribution < -0.4 is 16.0 Å². The fraction of sp³-hybridized carbons (Fsp3) is 0.130. The van der Waals surface area contributed by atoms with Gasteiger partial charge in [0.05, 0.1) is 11.3 Å². The van der Waals surface area contributed by atoms with Crippen molar-refractivity contribution in [2.45, 2.75) is 22.6 Å². The highest BCUT2D eigenvalue weighted by atomic mass is 32.2. The predicted octanol–water partition coefficient (Wildman–Crippen LogP) is 5.16. The Morgan fingerprint density at radius 3 is 2.59 bits per heavy atom. The van der Waals surface area contributed by atoms with Crippen molar-refractivity contribution in [2.24, 2.45) is 0 Å². The maximum absolute atomic E-state index is 12.5. The molecule has 0 aromatic heterocycles. The minimum atomic E-state index is -0.256. The maximum Gasteiger partial charge on any atom is 0.319 e. The Kier molecular flexibility index (Phi) is 5.81. The van der Waals surface area contributed by atoms with E-state index in [2.05, 4.69) is 28.1 Å². The molecule has 0 bridgehead atoms. The van der Waals surface area contributed by atoms with Gasteiger partial charge in [-0.15, -0.1) is 0 Å². The van der Waals surface area contributed by atoms with E-state index < -0.39 is 0 Å². The van der Waals surface area contributed by atoms with Gasteiger partial charge >= 0.3 is 6.03 Å². The van der Waals surface area contributed by atoms with Crippen LogP contribution in [-0.4, -0.2) is 18.5 Å². The van der Waals surface area contributed by atoms with Gasteiger partial charge in [-0.2, -0.15) is 0 Å². The molecule has 3 amide bonds. The lowest BCUT2D eigenvalue weighted by molar-refractivity contribution is 0.102. The molecular weight excluding hydrogens is 382 g/mol. The summed E-state index contributed by atoms with van der Waals surface area (Å²) in [7, 11) is 0. The van der Waals surface area contributed by atoms with Crippen molar-refractivity contribution in [2.75, 3.05) is 17.2 Å². The Bertz CT molecular complexity index is 1040. The van der Waals surface area contributed by atoms with Crippen molar-refractivity contribution in [3.05, 3.63) is 83.9 Å². The van der Waals surface area contributed by atoms with E-state index in [-0.39, 0.29) is 11.9 Å². The number of hydrogen-bond donors (Lipinski definition) is 3. The van der Waals surface area contributed by atoms with Gasteiger partial charge in [-0.1, -0.05) is 54.2 Å². The summed E-state index contributed by atoms with van der Waals surface area (Å²) in [5, 5.41) is 8.64. The highest BCUT2D eigenvalue weighted by molar-refractivity contribution is 7.99. The summed E-state index contributed by atoms with van der Waals surface area (Å²) in [6, 6.07) is 23.0. The molecule has 0 aliphatic carbocycles. The van der Waals surface area contributed by atoms with Crippen LogP contribution >= 0.6 is 11.8 Å². The molecule has 29 heavy (non-hydrogen) atoms. The molecule has 0 spiro atoms. The molecule has 3 N–H and O–H groups in total. The van der Waals surface area contributed by atoms with Crippen LogP contribution in [0.3, 0.4) is 0 Å². The Hall–Kier alpha value is -3.25. The molecule has 3 aromatic carbocycles. The highest BCUT2D eigenvalue weighted by Crippen LogP contribution is 2.39. The summed E-state index contributed by atoms with van der Waals surface area (Å²) in [5.41, 5.74) is 3.24. The molecule has 1 aliphatic rings. The van der Waals surface area contributed by atoms with Crippen molar-refractivity contribution in [1.82, 2.24) is 5.32 Å². The van der Waals surface area contributed by atoms with Gasteiger partial charge < -0.3 is 16.0 Å². The van der Waals surface area contributed by atoms with E-state index in [9.17, 15) is 9.59 Å². The topological polar surface area (TPSA) is 70.2 Å². The number of carbonyl (C=O) groups is 2. The van der Waals surface area contributed by atoms with E-state index in [1.807, 2.05) is 54.6 Å². The zero-order chi connectivity index (χ0) is 20.1. The number of nitrogens with one attached hydrogen (secondary N) is 3. The van der Waals surface area contributed by atoms with E-state index >= 15 is 0 Å². The van der Waals surface area contributed by atoms with Crippen LogP contribution in [0.1, 0.15) is 22.3 Å². The minimum Gasteiger partial charge on any atom is -0.338 e. The third-order valence-corrected chi connectivity index (χ3v) is 5.76. The Morgan fingerprint density at radius 2 is 1.72 bits per heavy atom. The summed E-state index contributed by atoms with van der Waals surface area (Å²) in [5.74, 6) is -0.144. The zero-order valence-electron chi connectivity index (χ0n) is 15.8. The SMILES string of the molecule is O=C(NCCCc1ccccc1)Nc1ccc2c(c1)NC(=O)c1ccccc1S2. The molecule has 0 saturated heterocycles. The van der Waals surface area contributed by atoms with Crippen molar-refractivity contribution >= 4 is 35.1 Å². The van der Waals surface area contributed by atoms with Crippen molar-refractivity contribution in [3.8, 4) is 0 Å². The first-order valence-corrected chi connectivity index (χ1v) is 10.3. The number of hydrogen-bond acceptors (Lipinski definition) is 3. The van der Waals surface area contributed by atoms with E-state index in [1.54, 1.807) is 6.07 Å². The van der Waals surface area contributed by atoms with Crippen LogP contribution in [0.4, 0.5) is 16.2 Å². The summed E-state index contributed by atoms with van der Waals surface area (Å²) < 4.78 is 0. The van der Waals surface area contributed by atoms with Crippen LogP contribution in [0.15, 0.2) is 82.6 Å². The number of urea groups is 1. The van der Waals surface area contributed by atoms with Crippen LogP contribution in [-0.2, 0) is 6.42 Å². The van der Waals surface area contributed by atoms with Gasteiger partial charge in [0.15, 0.2) is 0 Å². The van der Waals surface area contributed by atoms with Gasteiger partial charge in [0.25, 0.3) is 5.91 Å². The molecule has 0 radical (unpaired) electrons. The van der Waals surface area contributed by atoms with E-state index in [0.29, 0.717) is 23.5 Å². The quantitative estimate of drug-likeness (QED) is 0.516. The Balaban J connectivity index is 1.34. The van der Waals surface area contributed by atoms with Crippen LogP contribution in [0.2, 0.25) is 0 Å². The standard InChI is InChI=1S/C23H21N3O2S/c27-22-18-10-4-5-11-20(18)29-21-13-12-17(15-19(21)26-22)25-23(28)24-14-6-9-16-7-2-1-3-8-16/h1-5,7-8,10-13,15H,6,9,14H2,(H,26,27)(H2,24,25,28). The lowest BCUT2D eigenvalue weighted by Crippen LogP contribution is -2.29. The first-order chi connectivity index (χ1) is 14.2. The van der Waals surface area contributed by atoms with Gasteiger partial charge in [0.1, 0.15) is 0 Å². The molecule has 6 heteroatoms. The van der Waals surface area contributed by atoms with Crippen LogP contribution in [0.5, 0.6) is 0 Å².